The first-order chi connectivity index (χ1) is 17.2. The van der Waals surface area contributed by atoms with Crippen molar-refractivity contribution < 1.29 is 5.11 Å². The standard InChI is InChI=1S/C29H33N5O/c1-2-3-13-29(14-6-15-29)22-8-10-23(11-9-22)34-26(25-7-4-5-16-30-25)18-21-19-31-28(32-27(21)34)33-17-12-24(35)20-33/h4-5,7-11,16,18-19,24,35H,2-3,6,12-15,17,20H2,1H3. The van der Waals surface area contributed by atoms with Gasteiger partial charge in [-0.1, -0.05) is 44.4 Å². The second-order valence-corrected chi connectivity index (χ2v) is 10.2. The van der Waals surface area contributed by atoms with Crippen molar-refractivity contribution in [2.24, 2.45) is 0 Å². The predicted octanol–water partition coefficient (Wildman–Crippen LogP) is 5.67. The summed E-state index contributed by atoms with van der Waals surface area (Å²) < 4.78 is 2.21. The number of fused-ring (bicyclic) bond motifs is 1. The number of pyridine rings is 1. The second-order valence-electron chi connectivity index (χ2n) is 10.2. The molecule has 0 bridgehead atoms. The number of hydrogen-bond donors (Lipinski definition) is 1. The largest absolute Gasteiger partial charge is 0.391 e. The van der Waals surface area contributed by atoms with Crippen molar-refractivity contribution in [3.63, 3.8) is 0 Å². The topological polar surface area (TPSA) is 67.1 Å². The van der Waals surface area contributed by atoms with Crippen LogP contribution in [0.25, 0.3) is 28.1 Å². The summed E-state index contributed by atoms with van der Waals surface area (Å²) in [5.41, 5.74) is 5.70. The highest BCUT2D eigenvalue weighted by atomic mass is 16.3. The number of β-amino-alcohol motifs (C(OH)–C–C–N with tert-alkyl or cyclic N) is 1. The first kappa shape index (κ1) is 22.2. The smallest absolute Gasteiger partial charge is 0.227 e. The van der Waals surface area contributed by atoms with Crippen molar-refractivity contribution in [2.75, 3.05) is 18.0 Å². The summed E-state index contributed by atoms with van der Waals surface area (Å²) in [6.45, 7) is 3.63. The van der Waals surface area contributed by atoms with Gasteiger partial charge in [0.15, 0.2) is 5.65 Å². The average molecular weight is 468 g/mol. The molecule has 35 heavy (non-hydrogen) atoms. The number of benzene rings is 1. The first-order valence-electron chi connectivity index (χ1n) is 13.0. The van der Waals surface area contributed by atoms with Gasteiger partial charge in [-0.2, -0.15) is 4.98 Å². The molecule has 1 aliphatic heterocycles. The summed E-state index contributed by atoms with van der Waals surface area (Å²) in [5, 5.41) is 11.0. The van der Waals surface area contributed by atoms with Crippen molar-refractivity contribution in [1.29, 1.82) is 0 Å². The molecule has 6 nitrogen and oxygen atoms in total. The van der Waals surface area contributed by atoms with E-state index in [0.717, 1.165) is 41.1 Å². The highest BCUT2D eigenvalue weighted by Gasteiger charge is 2.37. The van der Waals surface area contributed by atoms with Gasteiger partial charge in [0.25, 0.3) is 0 Å². The van der Waals surface area contributed by atoms with E-state index >= 15 is 0 Å². The lowest BCUT2D eigenvalue weighted by atomic mass is 9.62. The first-order valence-corrected chi connectivity index (χ1v) is 13.0. The van der Waals surface area contributed by atoms with Gasteiger partial charge in [-0.3, -0.25) is 9.55 Å². The van der Waals surface area contributed by atoms with E-state index in [4.69, 9.17) is 4.98 Å². The number of hydrogen-bond acceptors (Lipinski definition) is 5. The summed E-state index contributed by atoms with van der Waals surface area (Å²) in [6.07, 6.45) is 11.9. The van der Waals surface area contributed by atoms with Crippen molar-refractivity contribution in [2.45, 2.75) is 63.4 Å². The Morgan fingerprint density at radius 2 is 1.94 bits per heavy atom. The van der Waals surface area contributed by atoms with Crippen molar-refractivity contribution in [1.82, 2.24) is 19.5 Å². The van der Waals surface area contributed by atoms with E-state index in [9.17, 15) is 5.11 Å². The minimum atomic E-state index is -0.316. The fraction of sp³-hybridized carbons (Fsp3) is 0.414. The van der Waals surface area contributed by atoms with Crippen LogP contribution in [-0.2, 0) is 5.41 Å². The monoisotopic (exact) mass is 467 g/mol. The van der Waals surface area contributed by atoms with Gasteiger partial charge < -0.3 is 10.0 Å². The van der Waals surface area contributed by atoms with Gasteiger partial charge >= 0.3 is 0 Å². The Hall–Kier alpha value is -3.25. The molecule has 1 saturated heterocycles. The van der Waals surface area contributed by atoms with Crippen LogP contribution < -0.4 is 4.90 Å². The summed E-state index contributed by atoms with van der Waals surface area (Å²) in [6, 6.07) is 17.3. The fourth-order valence-corrected chi connectivity index (χ4v) is 5.79. The Kier molecular flexibility index (Phi) is 5.77. The highest BCUT2D eigenvalue weighted by molar-refractivity contribution is 5.86. The molecule has 2 aliphatic rings. The molecule has 1 aliphatic carbocycles. The van der Waals surface area contributed by atoms with Gasteiger partial charge in [-0.25, -0.2) is 4.98 Å². The number of rotatable bonds is 7. The zero-order chi connectivity index (χ0) is 23.8. The maximum absolute atomic E-state index is 10.0. The van der Waals surface area contributed by atoms with Gasteiger partial charge in [0, 0.05) is 36.6 Å². The summed E-state index contributed by atoms with van der Waals surface area (Å²) >= 11 is 0. The van der Waals surface area contributed by atoms with Crippen LogP contribution in [0.3, 0.4) is 0 Å². The molecule has 180 valence electrons. The normalized spacial score (nSPS) is 19.3. The molecule has 4 aromatic rings. The minimum Gasteiger partial charge on any atom is -0.391 e. The molecule has 1 saturated carbocycles. The molecule has 1 unspecified atom stereocenters. The lowest BCUT2D eigenvalue weighted by Gasteiger charge is -2.43. The Balaban J connectivity index is 1.45. The molecule has 6 heteroatoms. The molecule has 1 aromatic carbocycles. The zero-order valence-electron chi connectivity index (χ0n) is 20.4. The van der Waals surface area contributed by atoms with Crippen molar-refractivity contribution in [3.05, 3.63) is 66.5 Å². The van der Waals surface area contributed by atoms with E-state index < -0.39 is 0 Å². The van der Waals surface area contributed by atoms with Crippen LogP contribution in [0.4, 0.5) is 5.95 Å². The number of nitrogens with zero attached hydrogens (tertiary/aromatic N) is 5. The van der Waals surface area contributed by atoms with Crippen LogP contribution in [0.1, 0.15) is 57.4 Å². The number of aliphatic hydroxyl groups excluding tert-OH is 1. The Bertz CT molecular complexity index is 1310. The highest BCUT2D eigenvalue weighted by Crippen LogP contribution is 2.47. The van der Waals surface area contributed by atoms with E-state index in [-0.39, 0.29) is 6.10 Å². The SMILES string of the molecule is CCCCC1(c2ccc(-n3c(-c4ccccn4)cc4cnc(N5CCC(O)C5)nc43)cc2)CCC1. The number of unbranched alkanes of at least 4 members (excludes halogenated alkanes) is 1. The molecule has 0 spiro atoms. The third-order valence-corrected chi connectivity index (χ3v) is 7.96. The summed E-state index contributed by atoms with van der Waals surface area (Å²) in [4.78, 5) is 16.3. The molecule has 2 fully saturated rings. The van der Waals surface area contributed by atoms with Crippen LogP contribution in [-0.4, -0.2) is 43.8 Å². The van der Waals surface area contributed by atoms with Crippen LogP contribution in [0.2, 0.25) is 0 Å². The van der Waals surface area contributed by atoms with Gasteiger partial charge in [-0.05, 0) is 67.0 Å². The average Bonchev–Trinajstić information content (AvgIpc) is 3.48. The Morgan fingerprint density at radius 1 is 1.09 bits per heavy atom. The van der Waals surface area contributed by atoms with E-state index in [1.165, 1.54) is 44.1 Å². The van der Waals surface area contributed by atoms with Crippen LogP contribution >= 0.6 is 0 Å². The van der Waals surface area contributed by atoms with Crippen LogP contribution in [0.5, 0.6) is 0 Å². The van der Waals surface area contributed by atoms with Crippen molar-refractivity contribution in [3.8, 4) is 17.1 Å². The van der Waals surface area contributed by atoms with Crippen LogP contribution in [0, 0.1) is 0 Å². The zero-order valence-corrected chi connectivity index (χ0v) is 20.4. The van der Waals surface area contributed by atoms with E-state index in [2.05, 4.69) is 56.7 Å². The van der Waals surface area contributed by atoms with Gasteiger partial charge in [0.1, 0.15) is 0 Å². The second kappa shape index (κ2) is 9.08. The Morgan fingerprint density at radius 3 is 2.60 bits per heavy atom. The molecule has 3 aromatic heterocycles. The minimum absolute atomic E-state index is 0.316. The van der Waals surface area contributed by atoms with Gasteiger partial charge in [0.05, 0.1) is 17.5 Å². The maximum Gasteiger partial charge on any atom is 0.227 e. The lowest BCUT2D eigenvalue weighted by Crippen LogP contribution is -2.34. The molecule has 6 rings (SSSR count). The van der Waals surface area contributed by atoms with Crippen molar-refractivity contribution >= 4 is 17.0 Å². The maximum atomic E-state index is 10.0. The molecule has 0 radical (unpaired) electrons. The summed E-state index contributed by atoms with van der Waals surface area (Å²) in [5.74, 6) is 0.672. The molecule has 0 amide bonds. The molecular weight excluding hydrogens is 434 g/mol. The Labute approximate surface area is 206 Å². The summed E-state index contributed by atoms with van der Waals surface area (Å²) in [7, 11) is 0. The fourth-order valence-electron chi connectivity index (χ4n) is 5.79. The molecule has 4 heterocycles. The lowest BCUT2D eigenvalue weighted by molar-refractivity contribution is 0.198. The molecule has 1 atom stereocenters. The number of aliphatic hydroxyl groups is 1. The number of anilines is 1. The van der Waals surface area contributed by atoms with E-state index in [1.807, 2.05) is 30.6 Å². The van der Waals surface area contributed by atoms with Gasteiger partial charge in [-0.15, -0.1) is 0 Å². The van der Waals surface area contributed by atoms with Crippen LogP contribution in [0.15, 0.2) is 60.9 Å². The van der Waals surface area contributed by atoms with E-state index in [1.54, 1.807) is 0 Å². The predicted molar refractivity (Wildman–Crippen MR) is 140 cm³/mol. The number of aromatic nitrogens is 4. The third-order valence-electron chi connectivity index (χ3n) is 7.96. The third kappa shape index (κ3) is 4.00. The quantitative estimate of drug-likeness (QED) is 0.380. The molecular formula is C29H33N5O. The van der Waals surface area contributed by atoms with E-state index in [0.29, 0.717) is 17.9 Å². The van der Waals surface area contributed by atoms with Gasteiger partial charge in [0.2, 0.25) is 5.95 Å². The molecule has 1 N–H and O–H groups in total.